The van der Waals surface area contributed by atoms with Gasteiger partial charge in [0.1, 0.15) is 5.75 Å². The molecule has 5 rings (SSSR count). The molecule has 1 aliphatic heterocycles. The SMILES string of the molecule is CCCC[C@](O)(CCN(C)C)[C@@H]1CC[C@H]1CN1C[C@@]2(CCCc3cc(Cl)ccc32)COc2ccc(C(=O)NS(=O)(=O)C(C)C)cc21. The number of fused-ring (bicyclic) bond motifs is 3. The second-order valence-corrected chi connectivity index (χ2v) is 17.2. The van der Waals surface area contributed by atoms with Crippen LogP contribution in [0.5, 0.6) is 5.75 Å². The van der Waals surface area contributed by atoms with Gasteiger partial charge >= 0.3 is 0 Å². The standard InChI is InChI=1S/C36H52ClN3O5S/c1-6-7-17-36(42,18-19-39(4)5)31-13-10-28(31)22-40-23-35(16-8-9-26-20-29(37)12-14-30(26)35)24-45-33-15-11-27(21-32(33)40)34(41)38-46(43,44)25(2)3/h11-12,14-15,20-21,25,28,31,42H,6-10,13,16-19,22-24H2,1-5H3,(H,38,41)/t28-,31+,35-,36-/m0/s1. The van der Waals surface area contributed by atoms with Crippen LogP contribution in [0.2, 0.25) is 5.02 Å². The number of halogens is 1. The molecule has 0 radical (unpaired) electrons. The number of benzene rings is 2. The van der Waals surface area contributed by atoms with Gasteiger partial charge in [-0.2, -0.15) is 0 Å². The van der Waals surface area contributed by atoms with E-state index >= 15 is 0 Å². The Bertz CT molecular complexity index is 1510. The first-order valence-electron chi connectivity index (χ1n) is 17.0. The average molecular weight is 674 g/mol. The van der Waals surface area contributed by atoms with E-state index in [1.165, 1.54) is 11.1 Å². The minimum atomic E-state index is -3.79. The molecule has 254 valence electrons. The van der Waals surface area contributed by atoms with Crippen LogP contribution in [0, 0.1) is 11.8 Å². The summed E-state index contributed by atoms with van der Waals surface area (Å²) in [6.07, 6.45) is 8.56. The Morgan fingerprint density at radius 1 is 1.20 bits per heavy atom. The molecule has 2 aromatic carbocycles. The number of sulfonamides is 1. The summed E-state index contributed by atoms with van der Waals surface area (Å²) in [6, 6.07) is 11.4. The minimum absolute atomic E-state index is 0.183. The van der Waals surface area contributed by atoms with E-state index in [0.29, 0.717) is 18.9 Å². The Hall–Kier alpha value is -2.33. The van der Waals surface area contributed by atoms with E-state index in [2.05, 4.69) is 47.7 Å². The van der Waals surface area contributed by atoms with Gasteiger partial charge in [0.2, 0.25) is 10.0 Å². The molecule has 2 aliphatic carbocycles. The molecule has 3 aliphatic rings. The first-order chi connectivity index (χ1) is 21.8. The van der Waals surface area contributed by atoms with E-state index in [9.17, 15) is 18.3 Å². The molecule has 1 spiro atoms. The number of nitrogens with one attached hydrogen (secondary N) is 1. The molecular formula is C36H52ClN3O5S. The van der Waals surface area contributed by atoms with Crippen LogP contribution in [0.4, 0.5) is 5.69 Å². The number of rotatable bonds is 12. The summed E-state index contributed by atoms with van der Waals surface area (Å²) in [7, 11) is 0.324. The number of aryl methyl sites for hydroxylation is 1. The van der Waals surface area contributed by atoms with Gasteiger partial charge in [-0.3, -0.25) is 4.79 Å². The number of anilines is 1. The highest BCUT2D eigenvalue weighted by Gasteiger charge is 2.48. The monoisotopic (exact) mass is 673 g/mol. The average Bonchev–Trinajstić information content (AvgIpc) is 3.13. The van der Waals surface area contributed by atoms with E-state index in [0.717, 1.165) is 81.6 Å². The molecule has 4 atom stereocenters. The highest BCUT2D eigenvalue weighted by atomic mass is 35.5. The summed E-state index contributed by atoms with van der Waals surface area (Å²) in [4.78, 5) is 17.7. The molecule has 2 N–H and O–H groups in total. The van der Waals surface area contributed by atoms with Crippen LogP contribution in [-0.4, -0.2) is 75.5 Å². The van der Waals surface area contributed by atoms with Crippen molar-refractivity contribution in [1.29, 1.82) is 0 Å². The van der Waals surface area contributed by atoms with Gasteiger partial charge < -0.3 is 19.6 Å². The van der Waals surface area contributed by atoms with E-state index in [1.54, 1.807) is 32.0 Å². The molecular weight excluding hydrogens is 622 g/mol. The van der Waals surface area contributed by atoms with Crippen molar-refractivity contribution in [1.82, 2.24) is 9.62 Å². The van der Waals surface area contributed by atoms with Crippen molar-refractivity contribution >= 4 is 33.2 Å². The number of aliphatic hydroxyl groups is 1. The maximum atomic E-state index is 13.2. The largest absolute Gasteiger partial charge is 0.490 e. The van der Waals surface area contributed by atoms with Gasteiger partial charge in [0.15, 0.2) is 0 Å². The molecule has 2 aromatic rings. The number of hydrogen-bond acceptors (Lipinski definition) is 7. The number of unbranched alkanes of at least 4 members (excludes halogenated alkanes) is 1. The Balaban J connectivity index is 1.51. The zero-order chi connectivity index (χ0) is 33.3. The van der Waals surface area contributed by atoms with E-state index in [4.69, 9.17) is 16.3 Å². The molecule has 1 heterocycles. The van der Waals surface area contributed by atoms with Gasteiger partial charge in [-0.25, -0.2) is 13.1 Å². The molecule has 0 saturated heterocycles. The van der Waals surface area contributed by atoms with Crippen LogP contribution < -0.4 is 14.4 Å². The Kier molecular flexibility index (Phi) is 10.7. The van der Waals surface area contributed by atoms with Crippen LogP contribution in [0.25, 0.3) is 0 Å². The third-order valence-electron chi connectivity index (χ3n) is 10.7. The number of nitrogens with zero attached hydrogens (tertiary/aromatic N) is 2. The van der Waals surface area contributed by atoms with Crippen LogP contribution in [-0.2, 0) is 21.9 Å². The lowest BCUT2D eigenvalue weighted by Gasteiger charge is -2.50. The molecule has 1 fully saturated rings. The quantitative estimate of drug-likeness (QED) is 0.278. The van der Waals surface area contributed by atoms with Crippen molar-refractivity contribution < 1.29 is 23.1 Å². The molecule has 8 nitrogen and oxygen atoms in total. The predicted octanol–water partition coefficient (Wildman–Crippen LogP) is 6.18. The number of ether oxygens (including phenoxy) is 1. The highest BCUT2D eigenvalue weighted by molar-refractivity contribution is 7.90. The van der Waals surface area contributed by atoms with Gasteiger partial charge in [-0.1, -0.05) is 37.4 Å². The predicted molar refractivity (Wildman–Crippen MR) is 186 cm³/mol. The van der Waals surface area contributed by atoms with Crippen LogP contribution in [0.3, 0.4) is 0 Å². The topological polar surface area (TPSA) is 99.2 Å². The summed E-state index contributed by atoms with van der Waals surface area (Å²) >= 11 is 6.44. The molecule has 1 amide bonds. The van der Waals surface area contributed by atoms with E-state index < -0.39 is 26.8 Å². The van der Waals surface area contributed by atoms with Gasteiger partial charge in [0.05, 0.1) is 23.1 Å². The maximum Gasteiger partial charge on any atom is 0.264 e. The van der Waals surface area contributed by atoms with Crippen molar-refractivity contribution in [3.05, 3.63) is 58.1 Å². The Labute approximate surface area is 280 Å². The molecule has 0 unspecified atom stereocenters. The summed E-state index contributed by atoms with van der Waals surface area (Å²) in [5.74, 6) is 0.500. The Morgan fingerprint density at radius 2 is 1.98 bits per heavy atom. The second-order valence-electron chi connectivity index (χ2n) is 14.5. The normalized spacial score (nSPS) is 24.1. The maximum absolute atomic E-state index is 13.2. The second kappa shape index (κ2) is 14.0. The van der Waals surface area contributed by atoms with Crippen molar-refractivity contribution in [2.45, 2.75) is 94.8 Å². The van der Waals surface area contributed by atoms with Crippen LogP contribution in [0.1, 0.15) is 93.6 Å². The first-order valence-corrected chi connectivity index (χ1v) is 18.9. The van der Waals surface area contributed by atoms with Gasteiger partial charge in [0, 0.05) is 35.6 Å². The van der Waals surface area contributed by atoms with Gasteiger partial charge in [0.25, 0.3) is 5.91 Å². The van der Waals surface area contributed by atoms with Crippen molar-refractivity contribution in [3.8, 4) is 5.75 Å². The third kappa shape index (κ3) is 7.38. The van der Waals surface area contributed by atoms with Gasteiger partial charge in [-0.05, 0) is 126 Å². The fourth-order valence-electron chi connectivity index (χ4n) is 7.74. The first kappa shape index (κ1) is 35.0. The van der Waals surface area contributed by atoms with Crippen LogP contribution >= 0.6 is 11.6 Å². The molecule has 0 bridgehead atoms. The van der Waals surface area contributed by atoms with Crippen molar-refractivity contribution in [2.24, 2.45) is 11.8 Å². The zero-order valence-corrected chi connectivity index (χ0v) is 29.7. The third-order valence-corrected chi connectivity index (χ3v) is 12.6. The summed E-state index contributed by atoms with van der Waals surface area (Å²) < 4.78 is 33.9. The summed E-state index contributed by atoms with van der Waals surface area (Å²) in [6.45, 7) is 8.02. The smallest absolute Gasteiger partial charge is 0.264 e. The summed E-state index contributed by atoms with van der Waals surface area (Å²) in [5.41, 5.74) is 2.59. The van der Waals surface area contributed by atoms with Crippen LogP contribution in [0.15, 0.2) is 36.4 Å². The lowest BCUT2D eigenvalue weighted by Crippen LogP contribution is -2.53. The van der Waals surface area contributed by atoms with Crippen molar-refractivity contribution in [3.63, 3.8) is 0 Å². The number of carbonyl (C=O) groups is 1. The fraction of sp³-hybridized carbons (Fsp3) is 0.639. The zero-order valence-electron chi connectivity index (χ0n) is 28.1. The number of amides is 1. The molecule has 10 heteroatoms. The Morgan fingerprint density at radius 3 is 2.65 bits per heavy atom. The highest BCUT2D eigenvalue weighted by Crippen LogP contribution is 2.49. The van der Waals surface area contributed by atoms with Crippen molar-refractivity contribution in [2.75, 3.05) is 45.2 Å². The lowest BCUT2D eigenvalue weighted by atomic mass is 9.62. The summed E-state index contributed by atoms with van der Waals surface area (Å²) in [5, 5.41) is 12.1. The lowest BCUT2D eigenvalue weighted by molar-refractivity contribution is -0.0958. The number of hydrogen-bond donors (Lipinski definition) is 2. The molecule has 46 heavy (non-hydrogen) atoms. The minimum Gasteiger partial charge on any atom is -0.490 e. The molecule has 0 aromatic heterocycles. The van der Waals surface area contributed by atoms with E-state index in [-0.39, 0.29) is 22.8 Å². The van der Waals surface area contributed by atoms with Gasteiger partial charge in [-0.15, -0.1) is 0 Å². The number of carbonyl (C=O) groups excluding carboxylic acids is 1. The van der Waals surface area contributed by atoms with E-state index in [1.807, 2.05) is 6.07 Å². The fourth-order valence-corrected chi connectivity index (χ4v) is 8.54. The molecule has 1 saturated carbocycles.